The van der Waals surface area contributed by atoms with Crippen LogP contribution >= 0.6 is 0 Å². The van der Waals surface area contributed by atoms with Gasteiger partial charge in [0.25, 0.3) is 0 Å². The van der Waals surface area contributed by atoms with Crippen molar-refractivity contribution in [2.24, 2.45) is 0 Å². The third-order valence-electron chi connectivity index (χ3n) is 3.86. The molecule has 0 spiro atoms. The highest BCUT2D eigenvalue weighted by molar-refractivity contribution is 5.83. The lowest BCUT2D eigenvalue weighted by molar-refractivity contribution is 0.187. The molecule has 1 saturated heterocycles. The summed E-state index contributed by atoms with van der Waals surface area (Å²) in [6, 6.07) is 10.0. The number of carbonyl (C=O) groups excluding carboxylic acids is 1. The van der Waals surface area contributed by atoms with Gasteiger partial charge in [0.2, 0.25) is 0 Å². The van der Waals surface area contributed by atoms with Gasteiger partial charge in [0.1, 0.15) is 5.82 Å². The number of halogens is 1. The van der Waals surface area contributed by atoms with E-state index >= 15 is 0 Å². The quantitative estimate of drug-likeness (QED) is 0.929. The molecular weight excluding hydrogens is 313 g/mol. The first-order valence-electron chi connectivity index (χ1n) is 7.60. The van der Waals surface area contributed by atoms with Gasteiger partial charge in [0, 0.05) is 31.9 Å². The molecule has 24 heavy (non-hydrogen) atoms. The van der Waals surface area contributed by atoms with E-state index in [-0.39, 0.29) is 5.82 Å². The summed E-state index contributed by atoms with van der Waals surface area (Å²) in [5.41, 5.74) is 1.01. The number of nitrogens with zero attached hydrogens (tertiary/aromatic N) is 4. The predicted octanol–water partition coefficient (Wildman–Crippen LogP) is 2.12. The first kappa shape index (κ1) is 16.0. The van der Waals surface area contributed by atoms with Crippen molar-refractivity contribution < 1.29 is 13.9 Å². The molecule has 0 aliphatic carbocycles. The van der Waals surface area contributed by atoms with Crippen molar-refractivity contribution in [3.8, 4) is 0 Å². The minimum absolute atomic E-state index is 0.228. The lowest BCUT2D eigenvalue weighted by Gasteiger charge is -2.36. The van der Waals surface area contributed by atoms with Crippen LogP contribution in [0.5, 0.6) is 0 Å². The first-order valence-corrected chi connectivity index (χ1v) is 7.60. The van der Waals surface area contributed by atoms with Crippen molar-refractivity contribution in [2.75, 3.05) is 48.4 Å². The summed E-state index contributed by atoms with van der Waals surface area (Å²) < 4.78 is 17.5. The Morgan fingerprint density at radius 3 is 2.29 bits per heavy atom. The Morgan fingerprint density at radius 2 is 1.71 bits per heavy atom. The third kappa shape index (κ3) is 3.70. The van der Waals surface area contributed by atoms with Gasteiger partial charge in [0.05, 0.1) is 7.11 Å². The Labute approximate surface area is 139 Å². The fourth-order valence-corrected chi connectivity index (χ4v) is 2.56. The Bertz CT molecular complexity index is 685. The summed E-state index contributed by atoms with van der Waals surface area (Å²) >= 11 is 0. The first-order chi connectivity index (χ1) is 11.7. The van der Waals surface area contributed by atoms with Crippen molar-refractivity contribution in [3.05, 3.63) is 42.2 Å². The summed E-state index contributed by atoms with van der Waals surface area (Å²) in [4.78, 5) is 15.4. The van der Waals surface area contributed by atoms with Crippen LogP contribution in [-0.4, -0.2) is 49.6 Å². The number of benzene rings is 1. The van der Waals surface area contributed by atoms with Crippen LogP contribution in [0.15, 0.2) is 36.4 Å². The standard InChI is InChI=1S/C16H18FN5O2/c1-24-16(23)18-14-6-7-15(20-19-14)22-10-8-21(9-11-22)13-4-2-12(17)3-5-13/h2-7H,8-11H2,1H3,(H,18,19,23). The smallest absolute Gasteiger partial charge is 0.412 e. The van der Waals surface area contributed by atoms with Gasteiger partial charge in [-0.25, -0.2) is 9.18 Å². The van der Waals surface area contributed by atoms with Crippen LogP contribution in [0.1, 0.15) is 0 Å². The molecular formula is C16H18FN5O2. The lowest BCUT2D eigenvalue weighted by Crippen LogP contribution is -2.46. The minimum atomic E-state index is -0.579. The number of amides is 1. The van der Waals surface area contributed by atoms with Crippen LogP contribution in [-0.2, 0) is 4.74 Å². The van der Waals surface area contributed by atoms with Gasteiger partial charge in [-0.1, -0.05) is 0 Å². The molecule has 126 valence electrons. The van der Waals surface area contributed by atoms with Crippen molar-refractivity contribution in [3.63, 3.8) is 0 Å². The molecule has 1 fully saturated rings. The van der Waals surface area contributed by atoms with Crippen molar-refractivity contribution in [1.29, 1.82) is 0 Å². The van der Waals surface area contributed by atoms with E-state index in [1.165, 1.54) is 19.2 Å². The maximum atomic E-state index is 13.0. The van der Waals surface area contributed by atoms with E-state index in [2.05, 4.69) is 30.1 Å². The highest BCUT2D eigenvalue weighted by atomic mass is 19.1. The number of nitrogens with one attached hydrogen (secondary N) is 1. The molecule has 1 aromatic heterocycles. The molecule has 7 nitrogen and oxygen atoms in total. The van der Waals surface area contributed by atoms with Gasteiger partial charge in [0.15, 0.2) is 11.6 Å². The van der Waals surface area contributed by atoms with Crippen LogP contribution < -0.4 is 15.1 Å². The number of methoxy groups -OCH3 is 1. The molecule has 0 radical (unpaired) electrons. The van der Waals surface area contributed by atoms with Crippen molar-refractivity contribution in [2.45, 2.75) is 0 Å². The fourth-order valence-electron chi connectivity index (χ4n) is 2.56. The molecule has 8 heteroatoms. The minimum Gasteiger partial charge on any atom is -0.453 e. The molecule has 1 aliphatic rings. The van der Waals surface area contributed by atoms with Crippen molar-refractivity contribution >= 4 is 23.4 Å². The van der Waals surface area contributed by atoms with Crippen LogP contribution in [0, 0.1) is 5.82 Å². The zero-order valence-electron chi connectivity index (χ0n) is 13.3. The van der Waals surface area contributed by atoms with E-state index in [9.17, 15) is 9.18 Å². The highest BCUT2D eigenvalue weighted by Gasteiger charge is 2.18. The number of piperazine rings is 1. The van der Waals surface area contributed by atoms with Crippen molar-refractivity contribution in [1.82, 2.24) is 10.2 Å². The van der Waals surface area contributed by atoms with Crippen LogP contribution in [0.2, 0.25) is 0 Å². The molecule has 0 unspecified atom stereocenters. The average Bonchev–Trinajstić information content (AvgIpc) is 2.63. The largest absolute Gasteiger partial charge is 0.453 e. The van der Waals surface area contributed by atoms with Crippen LogP contribution in [0.3, 0.4) is 0 Å². The zero-order valence-corrected chi connectivity index (χ0v) is 13.3. The van der Waals surface area contributed by atoms with Gasteiger partial charge >= 0.3 is 6.09 Å². The molecule has 0 bridgehead atoms. The molecule has 1 aliphatic heterocycles. The number of hydrogen-bond donors (Lipinski definition) is 1. The van der Waals surface area contributed by atoms with E-state index in [1.54, 1.807) is 18.2 Å². The Balaban J connectivity index is 1.58. The second-order valence-corrected chi connectivity index (χ2v) is 5.34. The van der Waals surface area contributed by atoms with Gasteiger partial charge in [-0.05, 0) is 36.4 Å². The molecule has 1 N–H and O–H groups in total. The second-order valence-electron chi connectivity index (χ2n) is 5.34. The SMILES string of the molecule is COC(=O)Nc1ccc(N2CCN(c3ccc(F)cc3)CC2)nn1. The lowest BCUT2D eigenvalue weighted by atomic mass is 10.2. The van der Waals surface area contributed by atoms with E-state index in [4.69, 9.17) is 0 Å². The van der Waals surface area contributed by atoms with Gasteiger partial charge < -0.3 is 14.5 Å². The number of carbonyl (C=O) groups is 1. The maximum absolute atomic E-state index is 13.0. The molecule has 0 atom stereocenters. The Hall–Kier alpha value is -2.90. The summed E-state index contributed by atoms with van der Waals surface area (Å²) in [7, 11) is 1.29. The summed E-state index contributed by atoms with van der Waals surface area (Å²) in [5.74, 6) is 0.869. The molecule has 1 aromatic carbocycles. The normalized spacial score (nSPS) is 14.4. The second kappa shape index (κ2) is 7.12. The fraction of sp³-hybridized carbons (Fsp3) is 0.312. The molecule has 2 aromatic rings. The van der Waals surface area contributed by atoms with E-state index < -0.39 is 6.09 Å². The monoisotopic (exact) mass is 331 g/mol. The van der Waals surface area contributed by atoms with E-state index in [1.807, 2.05) is 6.07 Å². The predicted molar refractivity (Wildman–Crippen MR) is 88.9 cm³/mol. The number of hydrogen-bond acceptors (Lipinski definition) is 6. The van der Waals surface area contributed by atoms with E-state index in [0.29, 0.717) is 5.82 Å². The Morgan fingerprint density at radius 1 is 1.04 bits per heavy atom. The number of aromatic nitrogens is 2. The van der Waals surface area contributed by atoms with Crippen LogP contribution in [0.25, 0.3) is 0 Å². The summed E-state index contributed by atoms with van der Waals surface area (Å²) in [5, 5.41) is 10.6. The molecule has 2 heterocycles. The number of rotatable bonds is 3. The highest BCUT2D eigenvalue weighted by Crippen LogP contribution is 2.19. The Kier molecular flexibility index (Phi) is 4.74. The summed E-state index contributed by atoms with van der Waals surface area (Å²) in [6.45, 7) is 3.20. The molecule has 0 saturated carbocycles. The number of ether oxygens (including phenoxy) is 1. The topological polar surface area (TPSA) is 70.6 Å². The van der Waals surface area contributed by atoms with Crippen LogP contribution in [0.4, 0.5) is 26.5 Å². The molecule has 3 rings (SSSR count). The summed E-state index contributed by atoms with van der Waals surface area (Å²) in [6.07, 6.45) is -0.579. The number of anilines is 3. The third-order valence-corrected chi connectivity index (χ3v) is 3.86. The molecule has 1 amide bonds. The van der Waals surface area contributed by atoms with Gasteiger partial charge in [-0.3, -0.25) is 5.32 Å². The van der Waals surface area contributed by atoms with Gasteiger partial charge in [-0.15, -0.1) is 10.2 Å². The maximum Gasteiger partial charge on any atom is 0.412 e. The van der Waals surface area contributed by atoms with E-state index in [0.717, 1.165) is 37.7 Å². The van der Waals surface area contributed by atoms with Gasteiger partial charge in [-0.2, -0.15) is 0 Å². The average molecular weight is 331 g/mol. The zero-order chi connectivity index (χ0) is 16.9.